The third-order valence-electron chi connectivity index (χ3n) is 2.32. The van der Waals surface area contributed by atoms with Crippen molar-refractivity contribution in [3.63, 3.8) is 0 Å². The normalized spacial score (nSPS) is 24.7. The Kier molecular flexibility index (Phi) is 2.14. The van der Waals surface area contributed by atoms with Gasteiger partial charge in [0.05, 0.1) is 5.92 Å². The van der Waals surface area contributed by atoms with Crippen molar-refractivity contribution >= 4 is 6.21 Å². The van der Waals surface area contributed by atoms with Crippen molar-refractivity contribution in [2.75, 3.05) is 14.1 Å². The Bertz CT molecular complexity index is 253. The molecule has 0 unspecified atom stereocenters. The molecule has 2 rings (SSSR count). The van der Waals surface area contributed by atoms with E-state index in [2.05, 4.69) is 43.8 Å². The van der Waals surface area contributed by atoms with Crippen LogP contribution in [0.4, 0.5) is 0 Å². The topological polar surface area (TPSA) is 15.6 Å². The summed E-state index contributed by atoms with van der Waals surface area (Å²) in [5.41, 5.74) is 1.23. The van der Waals surface area contributed by atoms with Crippen LogP contribution in [0.1, 0.15) is 6.92 Å². The second-order valence-corrected chi connectivity index (χ2v) is 3.50. The van der Waals surface area contributed by atoms with E-state index in [-0.39, 0.29) is 0 Å². The standard InChI is InChI=1S/C11H13N2/c1-8-4-5-9-10(13(2)3)6-7-12-11(8)9/h4-7H,1-3H3. The minimum absolute atomic E-state index is 1.12. The van der Waals surface area contributed by atoms with Gasteiger partial charge >= 0.3 is 0 Å². The predicted octanol–water partition coefficient (Wildman–Crippen LogP) is 1.64. The van der Waals surface area contributed by atoms with Gasteiger partial charge in [-0.05, 0) is 18.9 Å². The second-order valence-electron chi connectivity index (χ2n) is 3.50. The van der Waals surface area contributed by atoms with Crippen molar-refractivity contribution in [2.45, 2.75) is 6.92 Å². The zero-order chi connectivity index (χ0) is 9.42. The molecule has 0 N–H and O–H groups in total. The molecule has 1 fully saturated rings. The molecule has 1 saturated carbocycles. The minimum atomic E-state index is 1.12. The van der Waals surface area contributed by atoms with E-state index in [9.17, 15) is 0 Å². The first-order valence-corrected chi connectivity index (χ1v) is 4.38. The second kappa shape index (κ2) is 3.17. The van der Waals surface area contributed by atoms with Crippen LogP contribution in [0.5, 0.6) is 0 Å². The molecule has 1 aliphatic heterocycles. The van der Waals surface area contributed by atoms with Crippen LogP contribution in [0, 0.1) is 30.7 Å². The number of rotatable bonds is 1. The van der Waals surface area contributed by atoms with Crippen LogP contribution in [-0.4, -0.2) is 25.2 Å². The molecular weight excluding hydrogens is 160 g/mol. The van der Waals surface area contributed by atoms with Crippen LogP contribution in [0.3, 0.4) is 0 Å². The average molecular weight is 173 g/mol. The van der Waals surface area contributed by atoms with Crippen molar-refractivity contribution in [1.29, 1.82) is 0 Å². The molecule has 2 heteroatoms. The van der Waals surface area contributed by atoms with Gasteiger partial charge in [0, 0.05) is 31.9 Å². The van der Waals surface area contributed by atoms with Crippen LogP contribution >= 0.6 is 0 Å². The highest BCUT2D eigenvalue weighted by atomic mass is 15.1. The highest BCUT2D eigenvalue weighted by Gasteiger charge is 2.39. The molecule has 2 aliphatic rings. The fraction of sp³-hybridized carbons (Fsp3) is 0.273. The number of nitrogens with zero attached hydrogens (tertiary/aromatic N) is 2. The molecule has 1 aliphatic carbocycles. The van der Waals surface area contributed by atoms with Gasteiger partial charge in [0.1, 0.15) is 6.04 Å². The van der Waals surface area contributed by atoms with Crippen LogP contribution < -0.4 is 0 Å². The summed E-state index contributed by atoms with van der Waals surface area (Å²) in [7, 11) is 4.11. The number of hydrogen-bond donors (Lipinski definition) is 0. The van der Waals surface area contributed by atoms with Crippen molar-refractivity contribution in [1.82, 2.24) is 4.90 Å². The van der Waals surface area contributed by atoms with Crippen LogP contribution in [0.2, 0.25) is 0 Å². The molecule has 0 amide bonds. The number of hydrogen-bond acceptors (Lipinski definition) is 2. The summed E-state index contributed by atoms with van der Waals surface area (Å²) >= 11 is 0. The molecule has 0 bridgehead atoms. The van der Waals surface area contributed by atoms with Gasteiger partial charge in [-0.3, -0.25) is 4.99 Å². The van der Waals surface area contributed by atoms with Crippen molar-refractivity contribution in [3.8, 4) is 0 Å². The summed E-state index contributed by atoms with van der Waals surface area (Å²) in [6.07, 6.45) is 8.16. The summed E-state index contributed by atoms with van der Waals surface area (Å²) < 4.78 is 0. The molecule has 0 spiro atoms. The lowest BCUT2D eigenvalue weighted by Gasteiger charge is -2.27. The maximum atomic E-state index is 4.36. The summed E-state index contributed by atoms with van der Waals surface area (Å²) in [5, 5.41) is 0. The van der Waals surface area contributed by atoms with E-state index in [1.807, 2.05) is 12.3 Å². The van der Waals surface area contributed by atoms with E-state index in [4.69, 9.17) is 0 Å². The number of dihydropyridines is 1. The van der Waals surface area contributed by atoms with E-state index >= 15 is 0 Å². The first-order valence-electron chi connectivity index (χ1n) is 4.38. The first-order chi connectivity index (χ1) is 6.20. The van der Waals surface area contributed by atoms with E-state index in [0.29, 0.717) is 0 Å². The SMILES string of the molecule is C[C]1[CH][CH][C]2[C]1N=CC=C2N(C)C. The van der Waals surface area contributed by atoms with Gasteiger partial charge in [-0.1, -0.05) is 6.92 Å². The predicted molar refractivity (Wildman–Crippen MR) is 54.3 cm³/mol. The Morgan fingerprint density at radius 2 is 2.00 bits per heavy atom. The monoisotopic (exact) mass is 173 g/mol. The molecular formula is C11H13N2. The summed E-state index contributed by atoms with van der Waals surface area (Å²) in [4.78, 5) is 6.47. The third-order valence-corrected chi connectivity index (χ3v) is 2.32. The van der Waals surface area contributed by atoms with E-state index in [1.54, 1.807) is 0 Å². The van der Waals surface area contributed by atoms with Gasteiger partial charge in [0.2, 0.25) is 0 Å². The number of fused-ring (bicyclic) bond motifs is 1. The summed E-state index contributed by atoms with van der Waals surface area (Å²) in [6, 6.07) is 1.12. The fourth-order valence-corrected chi connectivity index (χ4v) is 1.62. The van der Waals surface area contributed by atoms with Gasteiger partial charge in [-0.15, -0.1) is 0 Å². The van der Waals surface area contributed by atoms with Crippen molar-refractivity contribution in [3.05, 3.63) is 42.5 Å². The zero-order valence-electron chi connectivity index (χ0n) is 8.20. The summed E-state index contributed by atoms with van der Waals surface area (Å²) in [6.45, 7) is 2.09. The van der Waals surface area contributed by atoms with Gasteiger partial charge in [0.25, 0.3) is 0 Å². The molecule has 1 heterocycles. The molecule has 13 heavy (non-hydrogen) atoms. The third kappa shape index (κ3) is 1.38. The highest BCUT2D eigenvalue weighted by Crippen LogP contribution is 2.46. The molecule has 0 aromatic heterocycles. The van der Waals surface area contributed by atoms with E-state index in [1.165, 1.54) is 17.5 Å². The number of aliphatic imine (C=N–C) groups is 1. The van der Waals surface area contributed by atoms with E-state index < -0.39 is 0 Å². The quantitative estimate of drug-likeness (QED) is 0.588. The van der Waals surface area contributed by atoms with Crippen LogP contribution in [-0.2, 0) is 0 Å². The van der Waals surface area contributed by atoms with Gasteiger partial charge in [-0.2, -0.15) is 0 Å². The Morgan fingerprint density at radius 3 is 2.69 bits per heavy atom. The lowest BCUT2D eigenvalue weighted by molar-refractivity contribution is 0.506. The Balaban J connectivity index is 2.23. The fourth-order valence-electron chi connectivity index (χ4n) is 1.62. The van der Waals surface area contributed by atoms with Crippen LogP contribution in [0.15, 0.2) is 16.8 Å². The molecule has 0 aromatic carbocycles. The Labute approximate surface area is 80.3 Å². The lowest BCUT2D eigenvalue weighted by Crippen LogP contribution is -2.22. The molecule has 0 saturated heterocycles. The highest BCUT2D eigenvalue weighted by molar-refractivity contribution is 5.80. The summed E-state index contributed by atoms with van der Waals surface area (Å²) in [5.74, 6) is 2.49. The zero-order valence-corrected chi connectivity index (χ0v) is 8.20. The Hall–Kier alpha value is -0.790. The molecule has 5 radical (unpaired) electrons. The van der Waals surface area contributed by atoms with Gasteiger partial charge in [0.15, 0.2) is 0 Å². The molecule has 0 aromatic rings. The maximum Gasteiger partial charge on any atom is 0.106 e. The Morgan fingerprint density at radius 1 is 1.23 bits per heavy atom. The maximum absolute atomic E-state index is 4.36. The molecule has 2 nitrogen and oxygen atoms in total. The first kappa shape index (κ1) is 8.79. The average Bonchev–Trinajstić information content (AvgIpc) is 2.48. The minimum Gasteiger partial charge on any atom is -0.380 e. The largest absolute Gasteiger partial charge is 0.380 e. The van der Waals surface area contributed by atoms with Gasteiger partial charge < -0.3 is 4.90 Å². The number of allylic oxidation sites excluding steroid dienone is 1. The lowest BCUT2D eigenvalue weighted by atomic mass is 9.94. The smallest absolute Gasteiger partial charge is 0.106 e. The van der Waals surface area contributed by atoms with E-state index in [0.717, 1.165) is 6.04 Å². The van der Waals surface area contributed by atoms with Crippen molar-refractivity contribution in [2.24, 2.45) is 4.99 Å². The molecule has 67 valence electrons. The van der Waals surface area contributed by atoms with Crippen LogP contribution in [0.25, 0.3) is 0 Å². The van der Waals surface area contributed by atoms with Crippen molar-refractivity contribution < 1.29 is 0 Å². The molecule has 0 atom stereocenters. The van der Waals surface area contributed by atoms with Gasteiger partial charge in [-0.25, -0.2) is 0 Å².